The molecule has 0 saturated carbocycles. The minimum atomic E-state index is -4.27. The van der Waals surface area contributed by atoms with E-state index >= 15 is 0 Å². The maximum absolute atomic E-state index is 13.0. The molecule has 0 radical (unpaired) electrons. The number of fused-ring (bicyclic) bond motifs is 1. The largest absolute Gasteiger partial charge is 0.393 e. The molecule has 0 aliphatic carbocycles. The zero-order valence-electron chi connectivity index (χ0n) is 14.2. The maximum atomic E-state index is 13.0. The van der Waals surface area contributed by atoms with E-state index in [4.69, 9.17) is 11.0 Å². The highest BCUT2D eigenvalue weighted by Crippen LogP contribution is 2.34. The number of nitrogens with zero attached hydrogens (tertiary/aromatic N) is 4. The molecular formula is C17H17F3N6O. The van der Waals surface area contributed by atoms with Gasteiger partial charge < -0.3 is 10.3 Å². The number of nitrogens with one attached hydrogen (secondary N) is 1. The molecule has 3 rings (SSSR count). The van der Waals surface area contributed by atoms with Gasteiger partial charge in [0.05, 0.1) is 24.1 Å². The third-order valence-corrected chi connectivity index (χ3v) is 4.61. The molecule has 1 amide bonds. The van der Waals surface area contributed by atoms with E-state index in [2.05, 4.69) is 15.5 Å². The SMILES string of the molecule is N#Cc1ccc(C(NCc2nnc3n2CC(C(F)(F)F)CC3)C(N)=O)cc1. The van der Waals surface area contributed by atoms with E-state index in [9.17, 15) is 18.0 Å². The normalized spacial score (nSPS) is 17.8. The molecule has 0 fully saturated rings. The highest BCUT2D eigenvalue weighted by Gasteiger charge is 2.42. The molecule has 2 atom stereocenters. The van der Waals surface area contributed by atoms with E-state index in [1.165, 1.54) is 4.57 Å². The fraction of sp³-hybridized carbons (Fsp3) is 0.412. The lowest BCUT2D eigenvalue weighted by molar-refractivity contribution is -0.182. The molecule has 0 saturated heterocycles. The lowest BCUT2D eigenvalue weighted by atomic mass is 9.99. The highest BCUT2D eigenvalue weighted by molar-refractivity contribution is 5.81. The number of hydrogen-bond acceptors (Lipinski definition) is 5. The number of aromatic nitrogens is 3. The van der Waals surface area contributed by atoms with Crippen LogP contribution in [0, 0.1) is 17.2 Å². The smallest absolute Gasteiger partial charge is 0.368 e. The number of amides is 1. The Morgan fingerprint density at radius 1 is 1.37 bits per heavy atom. The summed E-state index contributed by atoms with van der Waals surface area (Å²) in [5, 5.41) is 19.7. The molecule has 3 N–H and O–H groups in total. The summed E-state index contributed by atoms with van der Waals surface area (Å²) in [7, 11) is 0. The average molecular weight is 378 g/mol. The van der Waals surface area contributed by atoms with Crippen molar-refractivity contribution in [2.75, 3.05) is 0 Å². The Balaban J connectivity index is 1.75. The molecular weight excluding hydrogens is 361 g/mol. The summed E-state index contributed by atoms with van der Waals surface area (Å²) in [5.74, 6) is -1.27. The summed E-state index contributed by atoms with van der Waals surface area (Å²) in [6.07, 6.45) is -4.08. The van der Waals surface area contributed by atoms with Crippen molar-refractivity contribution in [1.29, 1.82) is 5.26 Å². The number of halogens is 3. The number of carbonyl (C=O) groups is 1. The third-order valence-electron chi connectivity index (χ3n) is 4.61. The zero-order chi connectivity index (χ0) is 19.6. The van der Waals surface area contributed by atoms with Gasteiger partial charge in [-0.3, -0.25) is 10.1 Å². The highest BCUT2D eigenvalue weighted by atomic mass is 19.4. The first-order valence-corrected chi connectivity index (χ1v) is 8.30. The van der Waals surface area contributed by atoms with E-state index in [1.807, 2.05) is 6.07 Å². The second-order valence-corrected chi connectivity index (χ2v) is 6.37. The van der Waals surface area contributed by atoms with Crippen LogP contribution in [0.25, 0.3) is 0 Å². The summed E-state index contributed by atoms with van der Waals surface area (Å²) < 4.78 is 40.5. The summed E-state index contributed by atoms with van der Waals surface area (Å²) in [6.45, 7) is -0.202. The predicted octanol–water partition coefficient (Wildman–Crippen LogP) is 1.59. The molecule has 0 spiro atoms. The molecule has 10 heteroatoms. The second-order valence-electron chi connectivity index (χ2n) is 6.37. The standard InChI is InChI=1S/C17H17F3N6O/c18-17(19,20)12-5-6-13-24-25-14(26(13)9-12)8-23-15(16(22)27)11-3-1-10(7-21)2-4-11/h1-4,12,15,23H,5-6,8-9H2,(H2,22,27). The van der Waals surface area contributed by atoms with E-state index < -0.39 is 24.0 Å². The van der Waals surface area contributed by atoms with Gasteiger partial charge in [-0.05, 0) is 24.1 Å². The maximum Gasteiger partial charge on any atom is 0.393 e. The molecule has 1 aromatic heterocycles. The number of nitrogens with two attached hydrogens (primary N) is 1. The molecule has 1 aromatic carbocycles. The molecule has 27 heavy (non-hydrogen) atoms. The molecule has 1 aliphatic rings. The predicted molar refractivity (Wildman–Crippen MR) is 87.8 cm³/mol. The zero-order valence-corrected chi connectivity index (χ0v) is 14.2. The number of carbonyl (C=O) groups excluding carboxylic acids is 1. The number of benzene rings is 1. The summed E-state index contributed by atoms with van der Waals surface area (Å²) in [6, 6.07) is 7.41. The lowest BCUT2D eigenvalue weighted by Crippen LogP contribution is -2.36. The number of primary amides is 1. The molecule has 2 aromatic rings. The minimum Gasteiger partial charge on any atom is -0.368 e. The fourth-order valence-corrected chi connectivity index (χ4v) is 3.11. The van der Waals surface area contributed by atoms with Gasteiger partial charge in [0.15, 0.2) is 0 Å². The van der Waals surface area contributed by atoms with Crippen LogP contribution in [0.2, 0.25) is 0 Å². The van der Waals surface area contributed by atoms with E-state index in [1.54, 1.807) is 24.3 Å². The van der Waals surface area contributed by atoms with Crippen molar-refractivity contribution < 1.29 is 18.0 Å². The fourth-order valence-electron chi connectivity index (χ4n) is 3.11. The van der Waals surface area contributed by atoms with Crippen molar-refractivity contribution >= 4 is 5.91 Å². The lowest BCUT2D eigenvalue weighted by Gasteiger charge is -2.26. The van der Waals surface area contributed by atoms with Gasteiger partial charge in [0.25, 0.3) is 0 Å². The number of hydrogen-bond donors (Lipinski definition) is 2. The molecule has 2 unspecified atom stereocenters. The number of rotatable bonds is 5. The van der Waals surface area contributed by atoms with Crippen molar-refractivity contribution in [3.8, 4) is 6.07 Å². The Morgan fingerprint density at radius 2 is 2.07 bits per heavy atom. The van der Waals surface area contributed by atoms with Crippen LogP contribution in [0.3, 0.4) is 0 Å². The summed E-state index contributed by atoms with van der Waals surface area (Å²) in [4.78, 5) is 11.8. The molecule has 2 heterocycles. The minimum absolute atomic E-state index is 0.00971. The average Bonchev–Trinajstić information content (AvgIpc) is 3.04. The Kier molecular flexibility index (Phi) is 5.14. The number of aryl methyl sites for hydroxylation is 1. The topological polar surface area (TPSA) is 110 Å². The van der Waals surface area contributed by atoms with Gasteiger partial charge in [-0.1, -0.05) is 12.1 Å². The van der Waals surface area contributed by atoms with Crippen LogP contribution in [0.1, 0.15) is 35.2 Å². The van der Waals surface area contributed by atoms with Crippen LogP contribution in [0.15, 0.2) is 24.3 Å². The Morgan fingerprint density at radius 3 is 2.67 bits per heavy atom. The number of nitriles is 1. The van der Waals surface area contributed by atoms with Crippen LogP contribution >= 0.6 is 0 Å². The Labute approximate surface area is 153 Å². The van der Waals surface area contributed by atoms with Crippen LogP contribution in [0.4, 0.5) is 13.2 Å². The second kappa shape index (κ2) is 7.36. The van der Waals surface area contributed by atoms with Gasteiger partial charge in [-0.15, -0.1) is 10.2 Å². The van der Waals surface area contributed by atoms with Gasteiger partial charge in [0.2, 0.25) is 5.91 Å². The van der Waals surface area contributed by atoms with Crippen molar-refractivity contribution in [3.05, 3.63) is 47.0 Å². The summed E-state index contributed by atoms with van der Waals surface area (Å²) >= 11 is 0. The van der Waals surface area contributed by atoms with Gasteiger partial charge >= 0.3 is 6.18 Å². The van der Waals surface area contributed by atoms with Crippen molar-refractivity contribution in [1.82, 2.24) is 20.1 Å². The van der Waals surface area contributed by atoms with Gasteiger partial charge in [0.1, 0.15) is 17.7 Å². The first-order chi connectivity index (χ1) is 12.8. The van der Waals surface area contributed by atoms with Crippen molar-refractivity contribution in [2.45, 2.75) is 38.1 Å². The van der Waals surface area contributed by atoms with E-state index in [0.29, 0.717) is 22.8 Å². The third kappa shape index (κ3) is 4.09. The Hall–Kier alpha value is -2.93. The van der Waals surface area contributed by atoms with Crippen molar-refractivity contribution in [2.24, 2.45) is 11.7 Å². The first kappa shape index (κ1) is 18.8. The molecule has 7 nitrogen and oxygen atoms in total. The molecule has 1 aliphatic heterocycles. The first-order valence-electron chi connectivity index (χ1n) is 8.30. The number of alkyl halides is 3. The van der Waals surface area contributed by atoms with Crippen LogP contribution in [-0.4, -0.2) is 26.8 Å². The Bertz CT molecular complexity index is 868. The molecule has 0 bridgehead atoms. The quantitative estimate of drug-likeness (QED) is 0.821. The van der Waals surface area contributed by atoms with Crippen LogP contribution in [-0.2, 0) is 24.3 Å². The molecule has 142 valence electrons. The van der Waals surface area contributed by atoms with Gasteiger partial charge in [0, 0.05) is 13.0 Å². The van der Waals surface area contributed by atoms with Crippen LogP contribution in [0.5, 0.6) is 0 Å². The van der Waals surface area contributed by atoms with E-state index in [0.717, 1.165) is 0 Å². The van der Waals surface area contributed by atoms with Gasteiger partial charge in [-0.2, -0.15) is 18.4 Å². The van der Waals surface area contributed by atoms with Crippen LogP contribution < -0.4 is 11.1 Å². The van der Waals surface area contributed by atoms with Crippen molar-refractivity contribution in [3.63, 3.8) is 0 Å². The monoisotopic (exact) mass is 378 g/mol. The summed E-state index contributed by atoms with van der Waals surface area (Å²) in [5.41, 5.74) is 6.42. The van der Waals surface area contributed by atoms with E-state index in [-0.39, 0.29) is 25.9 Å². The van der Waals surface area contributed by atoms with Gasteiger partial charge in [-0.25, -0.2) is 0 Å².